The maximum absolute atomic E-state index is 14.0. The fourth-order valence-electron chi connectivity index (χ4n) is 12.2. The lowest BCUT2D eigenvalue weighted by Crippen LogP contribution is -2.63. The average Bonchev–Trinajstić information content (AvgIpc) is 3.80. The predicted octanol–water partition coefficient (Wildman–Crippen LogP) is 6.64. The molecule has 2 aromatic rings. The Morgan fingerprint density at radius 1 is 0.956 bits per heavy atom. The van der Waals surface area contributed by atoms with Gasteiger partial charge in [0, 0.05) is 53.9 Å². The number of benzene rings is 2. The van der Waals surface area contributed by atoms with Gasteiger partial charge in [0.1, 0.15) is 18.2 Å². The number of aliphatic hydroxyl groups excluding tert-OH is 2. The number of Topliss-reactive ketones (excluding diaryl/α,β-unsaturated/α-hetero) is 4. The van der Waals surface area contributed by atoms with E-state index < -0.39 is 59.3 Å². The second kappa shape index (κ2) is 21.9. The molecule has 1 saturated heterocycles. The summed E-state index contributed by atoms with van der Waals surface area (Å²) in [6.45, 7) is 10.8. The quantitative estimate of drug-likeness (QED) is 0.135. The molecule has 7 rings (SSSR count). The Morgan fingerprint density at radius 2 is 1.65 bits per heavy atom. The topological polar surface area (TPSA) is 208 Å². The fraction of sp³-hybridized carbons (Fsp3) is 0.574. The van der Waals surface area contributed by atoms with E-state index in [1.807, 2.05) is 88.6 Å². The standard InChI is InChI=1S/C53H67NO10S.CO2/c1-30(2)41(26-38(56)12-9-13-43(58)32(4)65-7)49(62)54-31(3)44(59)24-35-11-8-10-34(23-35)22-33-14-16-36(17-15-33)50-63-47-27-42-40-19-18-37-25-39(57)20-21-51(37,5)48(40)45(60)28-52(42,6)53(47,64-50)46(61)29-55;2-1-3/h8,10-11,14-17,20-21,23,25,30-32,40-42,45,47-48,50,55,60H,9,12-13,18-19,22,24,26-29H2,1-7H3,(H,54,62);/t31-,32?,40-,41-,42-,45-,47+,48+,50+,51-,52-,53+;/m0./s1. The molecule has 4 aliphatic carbocycles. The van der Waals surface area contributed by atoms with E-state index in [1.54, 1.807) is 19.1 Å². The second-order valence-electron chi connectivity index (χ2n) is 20.3. The number of allylic oxidation sites excluding steroid dienone is 4. The first-order valence-electron chi connectivity index (χ1n) is 23.9. The number of carbonyl (C=O) groups is 6. The summed E-state index contributed by atoms with van der Waals surface area (Å²) >= 11 is 1.49. The summed E-state index contributed by atoms with van der Waals surface area (Å²) < 4.78 is 13.4. The number of nitrogens with one attached hydrogen (secondary N) is 1. The summed E-state index contributed by atoms with van der Waals surface area (Å²) in [5, 5.41) is 25.1. The van der Waals surface area contributed by atoms with E-state index >= 15 is 0 Å². The minimum atomic E-state index is -1.43. The molecule has 1 aliphatic heterocycles. The third-order valence-corrected chi connectivity index (χ3v) is 16.9. The van der Waals surface area contributed by atoms with Crippen LogP contribution in [0.2, 0.25) is 0 Å². The molecule has 3 N–H and O–H groups in total. The molecule has 1 unspecified atom stereocenters. The molecule has 68 heavy (non-hydrogen) atoms. The van der Waals surface area contributed by atoms with Crippen molar-refractivity contribution >= 4 is 52.7 Å². The van der Waals surface area contributed by atoms with E-state index in [4.69, 9.17) is 19.1 Å². The minimum absolute atomic E-state index is 0.00492. The molecule has 0 aromatic heterocycles. The first-order valence-corrected chi connectivity index (χ1v) is 25.2. The van der Waals surface area contributed by atoms with Crippen molar-refractivity contribution in [2.24, 2.45) is 40.4 Å². The van der Waals surface area contributed by atoms with Crippen LogP contribution in [-0.2, 0) is 60.7 Å². The number of rotatable bonds is 19. The predicted molar refractivity (Wildman–Crippen MR) is 254 cm³/mol. The lowest BCUT2D eigenvalue weighted by atomic mass is 9.46. The Morgan fingerprint density at radius 3 is 2.31 bits per heavy atom. The van der Waals surface area contributed by atoms with Crippen LogP contribution in [0.4, 0.5) is 0 Å². The Balaban J connectivity index is 0.00000247. The largest absolute Gasteiger partial charge is 0.393 e. The molecule has 366 valence electrons. The third-order valence-electron chi connectivity index (χ3n) is 15.9. The number of carbonyl (C=O) groups excluding carboxylic acids is 8. The van der Waals surface area contributed by atoms with Crippen LogP contribution < -0.4 is 5.32 Å². The van der Waals surface area contributed by atoms with Crippen molar-refractivity contribution in [3.05, 3.63) is 94.6 Å². The van der Waals surface area contributed by atoms with Crippen molar-refractivity contribution in [3.8, 4) is 0 Å². The van der Waals surface area contributed by atoms with E-state index in [0.29, 0.717) is 32.1 Å². The van der Waals surface area contributed by atoms with E-state index in [2.05, 4.69) is 12.2 Å². The van der Waals surface area contributed by atoms with Gasteiger partial charge in [0.15, 0.2) is 29.2 Å². The van der Waals surface area contributed by atoms with Crippen molar-refractivity contribution in [1.82, 2.24) is 5.32 Å². The first-order chi connectivity index (χ1) is 32.3. The summed E-state index contributed by atoms with van der Waals surface area (Å²) in [5.74, 6) is -1.58. The Hall–Kier alpha value is -4.69. The lowest BCUT2D eigenvalue weighted by molar-refractivity contribution is -0.201. The van der Waals surface area contributed by atoms with Gasteiger partial charge in [0.05, 0.1) is 23.5 Å². The zero-order valence-corrected chi connectivity index (χ0v) is 41.1. The van der Waals surface area contributed by atoms with E-state index in [1.165, 1.54) is 11.8 Å². The molecule has 14 heteroatoms. The molecule has 0 bridgehead atoms. The number of thioether (sulfide) groups is 1. The lowest BCUT2D eigenvalue weighted by Gasteiger charge is -2.59. The first kappa shape index (κ1) is 52.7. The van der Waals surface area contributed by atoms with Crippen LogP contribution in [0, 0.1) is 40.4 Å². The summed E-state index contributed by atoms with van der Waals surface area (Å²) in [5.41, 5.74) is 1.96. The van der Waals surface area contributed by atoms with Crippen molar-refractivity contribution in [2.75, 3.05) is 12.9 Å². The fourth-order valence-corrected chi connectivity index (χ4v) is 12.6. The number of ether oxygens (including phenoxy) is 2. The van der Waals surface area contributed by atoms with Crippen LogP contribution in [0.5, 0.6) is 0 Å². The van der Waals surface area contributed by atoms with E-state index in [9.17, 15) is 39.0 Å². The van der Waals surface area contributed by atoms with Crippen LogP contribution in [0.3, 0.4) is 0 Å². The Kier molecular flexibility index (Phi) is 17.0. The van der Waals surface area contributed by atoms with Crippen molar-refractivity contribution in [2.45, 2.75) is 141 Å². The van der Waals surface area contributed by atoms with Crippen molar-refractivity contribution in [1.29, 1.82) is 0 Å². The number of hydrogen-bond acceptors (Lipinski definition) is 13. The number of amides is 1. The Bertz CT molecular complexity index is 2330. The Labute approximate surface area is 403 Å². The molecule has 1 heterocycles. The summed E-state index contributed by atoms with van der Waals surface area (Å²) in [6.07, 6.45) is 9.49. The van der Waals surface area contributed by atoms with Gasteiger partial charge in [0.2, 0.25) is 5.91 Å². The highest BCUT2D eigenvalue weighted by atomic mass is 32.2. The molecule has 12 atom stereocenters. The van der Waals surface area contributed by atoms with Crippen molar-refractivity contribution < 1.29 is 58.0 Å². The maximum atomic E-state index is 14.0. The van der Waals surface area contributed by atoms with Crippen LogP contribution in [0.15, 0.2) is 72.3 Å². The summed E-state index contributed by atoms with van der Waals surface area (Å²) in [7, 11) is 0. The van der Waals surface area contributed by atoms with Crippen LogP contribution in [0.1, 0.15) is 121 Å². The summed E-state index contributed by atoms with van der Waals surface area (Å²) in [4.78, 5) is 94.2. The highest BCUT2D eigenvalue weighted by Gasteiger charge is 2.76. The highest BCUT2D eigenvalue weighted by molar-refractivity contribution is 7.99. The molecule has 0 radical (unpaired) electrons. The number of ketones is 5. The molecular weight excluding hydrogens is 887 g/mol. The normalized spacial score (nSPS) is 30.2. The van der Waals surface area contributed by atoms with Gasteiger partial charge in [-0.3, -0.25) is 28.8 Å². The van der Waals surface area contributed by atoms with Gasteiger partial charge in [-0.05, 0) is 105 Å². The smallest absolute Gasteiger partial charge is 0.373 e. The van der Waals surface area contributed by atoms with Gasteiger partial charge < -0.3 is 25.0 Å². The van der Waals surface area contributed by atoms with Crippen molar-refractivity contribution in [3.63, 3.8) is 0 Å². The molecule has 0 spiro atoms. The number of fused-ring (bicyclic) bond motifs is 7. The molecule has 1 amide bonds. The molecule has 4 fully saturated rings. The zero-order valence-electron chi connectivity index (χ0n) is 40.3. The maximum Gasteiger partial charge on any atom is 0.373 e. The molecular formula is C54H67NO12S. The molecule has 5 aliphatic rings. The average molecular weight is 954 g/mol. The number of hydrogen-bond donors (Lipinski definition) is 3. The van der Waals surface area contributed by atoms with Crippen LogP contribution in [0.25, 0.3) is 0 Å². The van der Waals surface area contributed by atoms with Crippen LogP contribution in [-0.4, -0.2) is 93.2 Å². The SMILES string of the molecule is CSC(C)C(=O)CCCC(=O)C[C@H](C(=O)N[C@@H](C)C(=O)Cc1cccc(Cc2ccc([C@@H]3O[C@@H]4C[C@H]5[C@@H]6CCC7=CC(=O)C=C[C@]7(C)[C@H]6[C@@H](O)C[C@]5(C)[C@]4(C(=O)CO)O3)cc2)c1)C(C)C.O=C=O. The van der Waals surface area contributed by atoms with Gasteiger partial charge >= 0.3 is 6.15 Å². The van der Waals surface area contributed by atoms with Gasteiger partial charge in [-0.1, -0.05) is 87.9 Å². The van der Waals surface area contributed by atoms with E-state index in [0.717, 1.165) is 40.7 Å². The molecule has 3 saturated carbocycles. The second-order valence-corrected chi connectivity index (χ2v) is 21.5. The molecule has 13 nitrogen and oxygen atoms in total. The van der Waals surface area contributed by atoms with Gasteiger partial charge in [-0.25, -0.2) is 0 Å². The van der Waals surface area contributed by atoms with Crippen LogP contribution >= 0.6 is 11.8 Å². The van der Waals surface area contributed by atoms with E-state index in [-0.39, 0.29) is 83.4 Å². The monoisotopic (exact) mass is 953 g/mol. The molecule has 2 aromatic carbocycles. The van der Waals surface area contributed by atoms with Gasteiger partial charge in [-0.15, -0.1) is 0 Å². The zero-order chi connectivity index (χ0) is 49.7. The van der Waals surface area contributed by atoms with Gasteiger partial charge in [-0.2, -0.15) is 21.4 Å². The number of aliphatic hydroxyl groups is 2. The summed E-state index contributed by atoms with van der Waals surface area (Å²) in [6, 6.07) is 14.9. The minimum Gasteiger partial charge on any atom is -0.393 e. The highest BCUT2D eigenvalue weighted by Crippen LogP contribution is 2.70. The van der Waals surface area contributed by atoms with Gasteiger partial charge in [0.25, 0.3) is 0 Å². The third kappa shape index (κ3) is 10.6.